The molecule has 0 heterocycles. The van der Waals surface area contributed by atoms with E-state index >= 15 is 0 Å². The van der Waals surface area contributed by atoms with Crippen LogP contribution in [-0.4, -0.2) is 10.9 Å². The smallest absolute Gasteiger partial charge is 0.0560 e. The molecule has 1 saturated carbocycles. The van der Waals surface area contributed by atoms with Crippen molar-refractivity contribution in [2.75, 3.05) is 0 Å². The number of thiol groups is 1. The molecule has 0 aliphatic heterocycles. The fourth-order valence-corrected chi connectivity index (χ4v) is 1.93. The van der Waals surface area contributed by atoms with Crippen molar-refractivity contribution in [3.63, 3.8) is 0 Å². The van der Waals surface area contributed by atoms with Gasteiger partial charge in [0.2, 0.25) is 0 Å². The summed E-state index contributed by atoms with van der Waals surface area (Å²) in [6.07, 6.45) is 6.88. The molecule has 0 bridgehead atoms. The van der Waals surface area contributed by atoms with Crippen LogP contribution in [0.1, 0.15) is 46.0 Å². The van der Waals surface area contributed by atoms with Crippen LogP contribution in [0, 0.1) is 0 Å². The Morgan fingerprint density at radius 3 is 2.18 bits per heavy atom. The van der Waals surface area contributed by atoms with Crippen LogP contribution in [0.15, 0.2) is 0 Å². The molecule has 1 nitrogen and oxygen atoms in total. The van der Waals surface area contributed by atoms with Crippen molar-refractivity contribution in [2.24, 2.45) is 0 Å². The molecule has 0 spiro atoms. The maximum absolute atomic E-state index is 4.45. The van der Waals surface area contributed by atoms with Crippen LogP contribution in [0.25, 0.3) is 0 Å². The highest BCUT2D eigenvalue weighted by Crippen LogP contribution is 2.20. The molecule has 0 aromatic heterocycles. The van der Waals surface area contributed by atoms with Crippen LogP contribution >= 0.6 is 12.6 Å². The maximum Gasteiger partial charge on any atom is 0.0560 e. The highest BCUT2D eigenvalue weighted by Gasteiger charge is 2.19. The van der Waals surface area contributed by atoms with Crippen molar-refractivity contribution in [3.05, 3.63) is 0 Å². The molecule has 1 aliphatic rings. The summed E-state index contributed by atoms with van der Waals surface area (Å²) in [5, 5.41) is 3.52. The summed E-state index contributed by atoms with van der Waals surface area (Å²) in [6.45, 7) is 4.23. The van der Waals surface area contributed by atoms with Crippen molar-refractivity contribution in [1.82, 2.24) is 5.32 Å². The standard InChI is InChI=1S/C9H19NS/c1-9(2,11)10-8-6-4-3-5-7-8/h8,10-11H,3-7H2,1-2H3. The van der Waals surface area contributed by atoms with Crippen LogP contribution in [0.5, 0.6) is 0 Å². The Morgan fingerprint density at radius 1 is 1.18 bits per heavy atom. The molecule has 1 aliphatic carbocycles. The molecule has 66 valence electrons. The summed E-state index contributed by atoms with van der Waals surface area (Å²) in [4.78, 5) is 0.00199. The molecule has 0 atom stereocenters. The molecule has 1 N–H and O–H groups in total. The zero-order valence-electron chi connectivity index (χ0n) is 7.56. The van der Waals surface area contributed by atoms with Crippen molar-refractivity contribution in [2.45, 2.75) is 56.9 Å². The molecule has 0 aromatic rings. The van der Waals surface area contributed by atoms with Gasteiger partial charge in [0.05, 0.1) is 4.87 Å². The van der Waals surface area contributed by atoms with Crippen molar-refractivity contribution >= 4 is 12.6 Å². The van der Waals surface area contributed by atoms with E-state index in [0.717, 1.165) is 6.04 Å². The summed E-state index contributed by atoms with van der Waals surface area (Å²) in [7, 11) is 0. The van der Waals surface area contributed by atoms with Gasteiger partial charge in [0.15, 0.2) is 0 Å². The first kappa shape index (κ1) is 9.40. The molecule has 0 radical (unpaired) electrons. The van der Waals surface area contributed by atoms with E-state index < -0.39 is 0 Å². The summed E-state index contributed by atoms with van der Waals surface area (Å²) < 4.78 is 0. The summed E-state index contributed by atoms with van der Waals surface area (Å²) in [5.41, 5.74) is 0. The van der Waals surface area contributed by atoms with Gasteiger partial charge in [-0.25, -0.2) is 0 Å². The average molecular weight is 173 g/mol. The zero-order valence-corrected chi connectivity index (χ0v) is 8.45. The van der Waals surface area contributed by atoms with Crippen LogP contribution in [0.4, 0.5) is 0 Å². The van der Waals surface area contributed by atoms with Crippen molar-refractivity contribution in [3.8, 4) is 0 Å². The lowest BCUT2D eigenvalue weighted by Crippen LogP contribution is -2.42. The van der Waals surface area contributed by atoms with Gasteiger partial charge < -0.3 is 5.32 Å². The van der Waals surface area contributed by atoms with Gasteiger partial charge in [-0.1, -0.05) is 19.3 Å². The first-order valence-corrected chi connectivity index (χ1v) is 5.03. The second-order valence-electron chi connectivity index (χ2n) is 4.04. The van der Waals surface area contributed by atoms with Gasteiger partial charge in [0.1, 0.15) is 0 Å². The fraction of sp³-hybridized carbons (Fsp3) is 1.00. The lowest BCUT2D eigenvalue weighted by atomic mass is 9.95. The van der Waals surface area contributed by atoms with Gasteiger partial charge in [-0.3, -0.25) is 0 Å². The van der Waals surface area contributed by atoms with Gasteiger partial charge in [0.25, 0.3) is 0 Å². The zero-order chi connectivity index (χ0) is 8.32. The first-order chi connectivity index (χ1) is 5.08. The molecule has 1 rings (SSSR count). The molecule has 11 heavy (non-hydrogen) atoms. The molecular weight excluding hydrogens is 154 g/mol. The molecule has 0 saturated heterocycles. The van der Waals surface area contributed by atoms with Gasteiger partial charge in [0, 0.05) is 6.04 Å². The lowest BCUT2D eigenvalue weighted by Gasteiger charge is -2.30. The Labute approximate surface area is 75.4 Å². The van der Waals surface area contributed by atoms with E-state index in [1.165, 1.54) is 32.1 Å². The highest BCUT2D eigenvalue weighted by atomic mass is 32.1. The van der Waals surface area contributed by atoms with E-state index in [1.807, 2.05) is 0 Å². The predicted molar refractivity (Wildman–Crippen MR) is 53.1 cm³/mol. The first-order valence-electron chi connectivity index (χ1n) is 4.58. The third-order valence-corrected chi connectivity index (χ3v) is 2.29. The highest BCUT2D eigenvalue weighted by molar-refractivity contribution is 7.81. The molecule has 0 aromatic carbocycles. The Morgan fingerprint density at radius 2 is 1.73 bits per heavy atom. The van der Waals surface area contributed by atoms with E-state index in [1.54, 1.807) is 0 Å². The second-order valence-corrected chi connectivity index (χ2v) is 5.16. The van der Waals surface area contributed by atoms with Crippen LogP contribution in [0.2, 0.25) is 0 Å². The largest absolute Gasteiger partial charge is 0.301 e. The second kappa shape index (κ2) is 3.81. The molecule has 1 fully saturated rings. The minimum atomic E-state index is 0.00199. The Hall–Kier alpha value is 0.310. The molecule has 0 amide bonds. The van der Waals surface area contributed by atoms with Crippen molar-refractivity contribution in [1.29, 1.82) is 0 Å². The lowest BCUT2D eigenvalue weighted by molar-refractivity contribution is 0.339. The van der Waals surface area contributed by atoms with E-state index in [4.69, 9.17) is 0 Å². The topological polar surface area (TPSA) is 12.0 Å². The fourth-order valence-electron chi connectivity index (χ4n) is 1.75. The van der Waals surface area contributed by atoms with Gasteiger partial charge in [-0.2, -0.15) is 12.6 Å². The summed E-state index contributed by atoms with van der Waals surface area (Å²) in [5.74, 6) is 0. The summed E-state index contributed by atoms with van der Waals surface area (Å²) in [6, 6.07) is 0.719. The number of hydrogen-bond acceptors (Lipinski definition) is 2. The minimum absolute atomic E-state index is 0.00199. The van der Waals surface area contributed by atoms with Crippen molar-refractivity contribution < 1.29 is 0 Å². The average Bonchev–Trinajstić information content (AvgIpc) is 1.85. The molecule has 0 unspecified atom stereocenters. The van der Waals surface area contributed by atoms with E-state index in [-0.39, 0.29) is 4.87 Å². The monoisotopic (exact) mass is 173 g/mol. The van der Waals surface area contributed by atoms with E-state index in [0.29, 0.717) is 0 Å². The Balaban J connectivity index is 2.24. The van der Waals surface area contributed by atoms with E-state index in [9.17, 15) is 0 Å². The Kier molecular flexibility index (Phi) is 3.26. The van der Waals surface area contributed by atoms with Crippen LogP contribution in [0.3, 0.4) is 0 Å². The number of hydrogen-bond donors (Lipinski definition) is 2. The molecular formula is C9H19NS. The van der Waals surface area contributed by atoms with Crippen LogP contribution < -0.4 is 5.32 Å². The summed E-state index contributed by atoms with van der Waals surface area (Å²) >= 11 is 4.45. The number of nitrogens with one attached hydrogen (secondary N) is 1. The third-order valence-electron chi connectivity index (χ3n) is 2.16. The number of rotatable bonds is 2. The van der Waals surface area contributed by atoms with Gasteiger partial charge in [-0.15, -0.1) is 0 Å². The SMILES string of the molecule is CC(C)(S)NC1CCCCC1. The molecule has 2 heteroatoms. The van der Waals surface area contributed by atoms with Gasteiger partial charge >= 0.3 is 0 Å². The Bertz CT molecular complexity index is 111. The van der Waals surface area contributed by atoms with Gasteiger partial charge in [-0.05, 0) is 26.7 Å². The normalized spacial score (nSPS) is 22.1. The third kappa shape index (κ3) is 4.02. The maximum atomic E-state index is 4.45. The van der Waals surface area contributed by atoms with Crippen LogP contribution in [-0.2, 0) is 0 Å². The predicted octanol–water partition coefficient (Wildman–Crippen LogP) is 2.57. The quantitative estimate of drug-likeness (QED) is 0.483. The van der Waals surface area contributed by atoms with E-state index in [2.05, 4.69) is 31.8 Å². The minimum Gasteiger partial charge on any atom is -0.301 e.